The quantitative estimate of drug-likeness (QED) is 0.898. The molecule has 5 nitrogen and oxygen atoms in total. The predicted molar refractivity (Wildman–Crippen MR) is 104 cm³/mol. The highest BCUT2D eigenvalue weighted by molar-refractivity contribution is 5.84. The largest absolute Gasteiger partial charge is 0.343 e. The highest BCUT2D eigenvalue weighted by atomic mass is 16.2. The summed E-state index contributed by atoms with van der Waals surface area (Å²) in [6.45, 7) is 8.83. The molecule has 0 unspecified atom stereocenters. The van der Waals surface area contributed by atoms with Gasteiger partial charge in [0.05, 0.1) is 0 Å². The molecule has 1 amide bonds. The van der Waals surface area contributed by atoms with Crippen molar-refractivity contribution >= 4 is 5.91 Å². The second-order valence-electron chi connectivity index (χ2n) is 8.14. The zero-order valence-electron chi connectivity index (χ0n) is 16.3. The van der Waals surface area contributed by atoms with E-state index in [1.165, 1.54) is 11.1 Å². The minimum Gasteiger partial charge on any atom is -0.343 e. The third-order valence-corrected chi connectivity index (χ3v) is 5.58. The van der Waals surface area contributed by atoms with E-state index in [-0.39, 0.29) is 11.3 Å². The summed E-state index contributed by atoms with van der Waals surface area (Å²) in [6.07, 6.45) is 5.21. The molecule has 5 heteroatoms. The van der Waals surface area contributed by atoms with Gasteiger partial charge >= 0.3 is 0 Å². The summed E-state index contributed by atoms with van der Waals surface area (Å²) in [7, 11) is 1.92. The van der Waals surface area contributed by atoms with Crippen molar-refractivity contribution in [3.63, 3.8) is 0 Å². The summed E-state index contributed by atoms with van der Waals surface area (Å²) in [5.74, 6) is 0.155. The molecule has 0 saturated carbocycles. The average Bonchev–Trinajstić information content (AvgIpc) is 3.17. The predicted octanol–water partition coefficient (Wildman–Crippen LogP) is 2.71. The highest BCUT2D eigenvalue weighted by Gasteiger charge is 2.44. The van der Waals surface area contributed by atoms with Crippen LogP contribution in [0, 0.1) is 6.92 Å². The molecule has 2 heterocycles. The lowest BCUT2D eigenvalue weighted by Gasteiger charge is -2.41. The molecule has 1 aromatic heterocycles. The molecule has 3 rings (SSSR count). The first-order chi connectivity index (χ1) is 12.3. The van der Waals surface area contributed by atoms with Gasteiger partial charge in [0.15, 0.2) is 0 Å². The molecule has 1 N–H and O–H groups in total. The maximum absolute atomic E-state index is 13.5. The van der Waals surface area contributed by atoms with Gasteiger partial charge in [-0.15, -0.1) is 0 Å². The van der Waals surface area contributed by atoms with Crippen LogP contribution < -0.4 is 5.32 Å². The lowest BCUT2D eigenvalue weighted by molar-refractivity contribution is -0.142. The van der Waals surface area contributed by atoms with Crippen LogP contribution in [-0.2, 0) is 15.7 Å². The minimum atomic E-state index is -0.577. The molecular formula is C21H30N4O. The molecule has 1 fully saturated rings. The Bertz CT molecular complexity index is 728. The SMILES string of the molecule is Cc1ccc(C(C)(C)CN(C)C(=O)C2(n3cccn3)CCNCC2)cc1. The van der Waals surface area contributed by atoms with Crippen LogP contribution in [0.4, 0.5) is 0 Å². The first-order valence-electron chi connectivity index (χ1n) is 9.39. The summed E-state index contributed by atoms with van der Waals surface area (Å²) in [5, 5.41) is 7.78. The van der Waals surface area contributed by atoms with E-state index in [1.54, 1.807) is 6.20 Å². The Morgan fingerprint density at radius 2 is 1.92 bits per heavy atom. The fourth-order valence-electron chi connectivity index (χ4n) is 4.02. The standard InChI is InChI=1S/C21H30N4O/c1-17-6-8-18(9-7-17)20(2,3)16-24(4)19(26)21(10-13-22-14-11-21)25-15-5-12-23-25/h5-9,12,15,22H,10-11,13-14,16H2,1-4H3. The monoisotopic (exact) mass is 354 g/mol. The zero-order chi connectivity index (χ0) is 18.8. The van der Waals surface area contributed by atoms with Crippen molar-refractivity contribution in [1.29, 1.82) is 0 Å². The molecule has 1 saturated heterocycles. The van der Waals surface area contributed by atoms with Crippen molar-refractivity contribution in [2.75, 3.05) is 26.7 Å². The number of rotatable bonds is 5. The van der Waals surface area contributed by atoms with E-state index in [9.17, 15) is 4.79 Å². The van der Waals surface area contributed by atoms with E-state index in [1.807, 2.05) is 28.9 Å². The lowest BCUT2D eigenvalue weighted by Crippen LogP contribution is -2.56. The molecule has 0 atom stereocenters. The smallest absolute Gasteiger partial charge is 0.250 e. The maximum atomic E-state index is 13.5. The normalized spacial score (nSPS) is 17.1. The summed E-state index contributed by atoms with van der Waals surface area (Å²) < 4.78 is 1.87. The Morgan fingerprint density at radius 1 is 1.27 bits per heavy atom. The van der Waals surface area contributed by atoms with Crippen LogP contribution in [0.2, 0.25) is 0 Å². The number of carbonyl (C=O) groups is 1. The highest BCUT2D eigenvalue weighted by Crippen LogP contribution is 2.31. The third-order valence-electron chi connectivity index (χ3n) is 5.58. The Labute approximate surface area is 156 Å². The molecule has 140 valence electrons. The first-order valence-corrected chi connectivity index (χ1v) is 9.39. The number of likely N-dealkylation sites (N-methyl/N-ethyl adjacent to an activating group) is 1. The van der Waals surface area contributed by atoms with Crippen molar-refractivity contribution < 1.29 is 4.79 Å². The molecule has 1 aliphatic heterocycles. The van der Waals surface area contributed by atoms with Gasteiger partial charge < -0.3 is 10.2 Å². The molecule has 1 aromatic carbocycles. The van der Waals surface area contributed by atoms with Crippen molar-refractivity contribution in [3.8, 4) is 0 Å². The van der Waals surface area contributed by atoms with Gasteiger partial charge in [0.25, 0.3) is 0 Å². The van der Waals surface area contributed by atoms with Gasteiger partial charge in [-0.25, -0.2) is 0 Å². The molecule has 0 aliphatic carbocycles. The number of nitrogens with zero attached hydrogens (tertiary/aromatic N) is 3. The van der Waals surface area contributed by atoms with Crippen molar-refractivity contribution in [2.45, 2.75) is 44.6 Å². The van der Waals surface area contributed by atoms with Crippen LogP contribution in [0.25, 0.3) is 0 Å². The van der Waals surface area contributed by atoms with E-state index in [0.29, 0.717) is 6.54 Å². The third kappa shape index (κ3) is 3.54. The maximum Gasteiger partial charge on any atom is 0.250 e. The number of hydrogen-bond acceptors (Lipinski definition) is 3. The van der Waals surface area contributed by atoms with E-state index in [2.05, 4.69) is 55.5 Å². The number of amides is 1. The number of piperidine rings is 1. The topological polar surface area (TPSA) is 50.2 Å². The van der Waals surface area contributed by atoms with Crippen molar-refractivity contribution in [3.05, 3.63) is 53.9 Å². The van der Waals surface area contributed by atoms with Gasteiger partial charge in [-0.05, 0) is 44.5 Å². The van der Waals surface area contributed by atoms with Gasteiger partial charge in [0, 0.05) is 31.4 Å². The zero-order valence-corrected chi connectivity index (χ0v) is 16.3. The van der Waals surface area contributed by atoms with Crippen LogP contribution >= 0.6 is 0 Å². The number of aromatic nitrogens is 2. The molecule has 2 aromatic rings. The molecular weight excluding hydrogens is 324 g/mol. The molecule has 26 heavy (non-hydrogen) atoms. The number of benzene rings is 1. The van der Waals surface area contributed by atoms with Gasteiger partial charge in [-0.1, -0.05) is 43.7 Å². The lowest BCUT2D eigenvalue weighted by atomic mass is 9.82. The fraction of sp³-hybridized carbons (Fsp3) is 0.524. The Kier molecular flexibility index (Phi) is 5.19. The Morgan fingerprint density at radius 3 is 2.50 bits per heavy atom. The van der Waals surface area contributed by atoms with Crippen LogP contribution in [0.1, 0.15) is 37.8 Å². The minimum absolute atomic E-state index is 0.115. The van der Waals surface area contributed by atoms with Crippen molar-refractivity contribution in [2.24, 2.45) is 0 Å². The summed E-state index contributed by atoms with van der Waals surface area (Å²) in [4.78, 5) is 15.4. The van der Waals surface area contributed by atoms with Gasteiger partial charge in [0.1, 0.15) is 5.54 Å². The van der Waals surface area contributed by atoms with E-state index in [0.717, 1.165) is 25.9 Å². The van der Waals surface area contributed by atoms with Crippen LogP contribution in [0.5, 0.6) is 0 Å². The molecule has 0 radical (unpaired) electrons. The second kappa shape index (κ2) is 7.23. The van der Waals surface area contributed by atoms with E-state index >= 15 is 0 Å². The van der Waals surface area contributed by atoms with Crippen molar-refractivity contribution in [1.82, 2.24) is 20.0 Å². The summed E-state index contributed by atoms with van der Waals surface area (Å²) >= 11 is 0. The average molecular weight is 354 g/mol. The number of nitrogens with one attached hydrogen (secondary N) is 1. The summed E-state index contributed by atoms with van der Waals surface area (Å²) in [5.41, 5.74) is 1.81. The first kappa shape index (κ1) is 18.6. The number of carbonyl (C=O) groups excluding carboxylic acids is 1. The van der Waals surface area contributed by atoms with E-state index < -0.39 is 5.54 Å². The van der Waals surface area contributed by atoms with Crippen LogP contribution in [0.3, 0.4) is 0 Å². The van der Waals surface area contributed by atoms with Crippen LogP contribution in [0.15, 0.2) is 42.7 Å². The number of aryl methyl sites for hydroxylation is 1. The molecule has 0 spiro atoms. The summed E-state index contributed by atoms with van der Waals surface area (Å²) in [6, 6.07) is 10.5. The van der Waals surface area contributed by atoms with E-state index in [4.69, 9.17) is 0 Å². The van der Waals surface area contributed by atoms with Gasteiger partial charge in [-0.2, -0.15) is 5.10 Å². The van der Waals surface area contributed by atoms with Gasteiger partial charge in [-0.3, -0.25) is 9.48 Å². The Balaban J connectivity index is 1.82. The molecule has 1 aliphatic rings. The second-order valence-corrected chi connectivity index (χ2v) is 8.14. The fourth-order valence-corrected chi connectivity index (χ4v) is 4.02. The Hall–Kier alpha value is -2.14. The number of hydrogen-bond donors (Lipinski definition) is 1. The molecule has 0 bridgehead atoms. The van der Waals surface area contributed by atoms with Gasteiger partial charge in [0.2, 0.25) is 5.91 Å². The van der Waals surface area contributed by atoms with Crippen LogP contribution in [-0.4, -0.2) is 47.3 Å².